The summed E-state index contributed by atoms with van der Waals surface area (Å²) < 4.78 is 37.6. The van der Waals surface area contributed by atoms with Crippen LogP contribution >= 0.6 is 11.6 Å². The van der Waals surface area contributed by atoms with Crippen molar-refractivity contribution >= 4 is 39.8 Å². The van der Waals surface area contributed by atoms with Crippen LogP contribution in [0.5, 0.6) is 11.6 Å². The Labute approximate surface area is 236 Å². The Bertz CT molecular complexity index is 1530. The summed E-state index contributed by atoms with van der Waals surface area (Å²) in [6.07, 6.45) is 1.10. The van der Waals surface area contributed by atoms with Crippen molar-refractivity contribution < 1.29 is 23.4 Å². The fraction of sp³-hybridized carbons (Fsp3) is 0.379. The highest BCUT2D eigenvalue weighted by atomic mass is 35.5. The highest BCUT2D eigenvalue weighted by molar-refractivity contribution is 6.34. The molecule has 40 heavy (non-hydrogen) atoms. The van der Waals surface area contributed by atoms with Crippen LogP contribution in [0.25, 0.3) is 22.0 Å². The number of aromatic hydroxyl groups is 1. The smallest absolute Gasteiger partial charge is 0.246 e. The first-order valence-electron chi connectivity index (χ1n) is 13.2. The van der Waals surface area contributed by atoms with E-state index in [1.165, 1.54) is 18.2 Å². The van der Waals surface area contributed by atoms with E-state index in [0.717, 1.165) is 17.4 Å². The first-order chi connectivity index (χ1) is 19.1. The van der Waals surface area contributed by atoms with Crippen molar-refractivity contribution in [1.82, 2.24) is 14.8 Å². The molecule has 1 amide bonds. The minimum absolute atomic E-state index is 0.0286. The Balaban J connectivity index is 1.59. The molecule has 0 aliphatic carbocycles. The van der Waals surface area contributed by atoms with Gasteiger partial charge in [-0.15, -0.1) is 0 Å². The molecule has 210 valence electrons. The molecule has 11 heteroatoms. The third-order valence-corrected chi connectivity index (χ3v) is 8.23. The molecule has 3 aromatic rings. The van der Waals surface area contributed by atoms with Gasteiger partial charge < -0.3 is 29.4 Å². The highest BCUT2D eigenvalue weighted by Crippen LogP contribution is 2.51. The van der Waals surface area contributed by atoms with Crippen LogP contribution in [0, 0.1) is 11.6 Å². The SMILES string of the molecule is C=CC(=O)N1C[C@H]2CN3C[C@@H](CN(C)C)Oc4nc5c(F)c(-c6c(O)cccc6F)c(Cl)cc5c(c43)N2C[C@H]1C. The van der Waals surface area contributed by atoms with Crippen molar-refractivity contribution in [2.75, 3.05) is 56.6 Å². The molecule has 1 fully saturated rings. The number of phenols is 1. The lowest BCUT2D eigenvalue weighted by Gasteiger charge is -2.53. The summed E-state index contributed by atoms with van der Waals surface area (Å²) in [6, 6.07) is 5.13. The fourth-order valence-electron chi connectivity index (χ4n) is 6.28. The molecule has 0 unspecified atom stereocenters. The molecular formula is C29H30ClF2N5O3. The third-order valence-electron chi connectivity index (χ3n) is 7.93. The number of aromatic nitrogens is 1. The van der Waals surface area contributed by atoms with Crippen LogP contribution < -0.4 is 14.5 Å². The van der Waals surface area contributed by atoms with Gasteiger partial charge in [0.1, 0.15) is 28.9 Å². The van der Waals surface area contributed by atoms with E-state index in [2.05, 4.69) is 21.4 Å². The zero-order valence-electron chi connectivity index (χ0n) is 22.5. The lowest BCUT2D eigenvalue weighted by atomic mass is 9.95. The molecule has 1 aromatic heterocycles. The molecule has 8 nitrogen and oxygen atoms in total. The van der Waals surface area contributed by atoms with Gasteiger partial charge in [0.25, 0.3) is 0 Å². The number of ether oxygens (including phenoxy) is 1. The molecule has 2 aromatic carbocycles. The van der Waals surface area contributed by atoms with Crippen LogP contribution in [0.4, 0.5) is 20.2 Å². The number of fused-ring (bicyclic) bond motifs is 4. The summed E-state index contributed by atoms with van der Waals surface area (Å²) in [4.78, 5) is 25.5. The molecule has 0 bridgehead atoms. The second-order valence-electron chi connectivity index (χ2n) is 10.9. The number of carbonyl (C=O) groups is 1. The van der Waals surface area contributed by atoms with Gasteiger partial charge in [-0.05, 0) is 45.3 Å². The molecular weight excluding hydrogens is 540 g/mol. The van der Waals surface area contributed by atoms with Crippen LogP contribution in [0.15, 0.2) is 36.9 Å². The largest absolute Gasteiger partial charge is 0.507 e. The summed E-state index contributed by atoms with van der Waals surface area (Å²) >= 11 is 6.64. The van der Waals surface area contributed by atoms with E-state index >= 15 is 4.39 Å². The van der Waals surface area contributed by atoms with Gasteiger partial charge in [-0.1, -0.05) is 24.2 Å². The second kappa shape index (κ2) is 9.78. The minimum Gasteiger partial charge on any atom is -0.507 e. The molecule has 1 N–H and O–H groups in total. The van der Waals surface area contributed by atoms with E-state index in [1.807, 2.05) is 30.8 Å². The summed E-state index contributed by atoms with van der Waals surface area (Å²) in [6.45, 7) is 8.44. The number of pyridine rings is 1. The number of carbonyl (C=O) groups excluding carboxylic acids is 1. The lowest BCUT2D eigenvalue weighted by molar-refractivity contribution is -0.128. The summed E-state index contributed by atoms with van der Waals surface area (Å²) in [5.74, 6) is -1.91. The average Bonchev–Trinajstić information content (AvgIpc) is 2.89. The van der Waals surface area contributed by atoms with Gasteiger partial charge in [0, 0.05) is 43.2 Å². The predicted octanol–water partition coefficient (Wildman–Crippen LogP) is 4.27. The molecule has 3 atom stereocenters. The number of halogens is 3. The molecule has 0 radical (unpaired) electrons. The Hall–Kier alpha value is -3.63. The standard InChI is InChI=1S/C29H30ClF2N5O3/c1-5-22(39)36-12-16-11-35-14-17(13-34(3)4)40-29-28(35)27(37(16)10-15(36)2)18-9-19(30)23(25(32)26(18)33-29)24-20(31)7-6-8-21(24)38/h5-9,15-17,38H,1,10-14H2,2-4H3/t15-,16-,17-/m1/s1. The van der Waals surface area contributed by atoms with E-state index < -0.39 is 17.4 Å². The van der Waals surface area contributed by atoms with Gasteiger partial charge in [-0.25, -0.2) is 13.8 Å². The monoisotopic (exact) mass is 569 g/mol. The van der Waals surface area contributed by atoms with Crippen molar-refractivity contribution in [1.29, 1.82) is 0 Å². The van der Waals surface area contributed by atoms with Crippen LogP contribution in [0.2, 0.25) is 5.02 Å². The number of rotatable bonds is 4. The topological polar surface area (TPSA) is 72.4 Å². The number of hydrogen-bond donors (Lipinski definition) is 1. The molecule has 6 rings (SSSR count). The zero-order chi connectivity index (χ0) is 28.5. The number of amides is 1. The Morgan fingerprint density at radius 3 is 2.70 bits per heavy atom. The maximum Gasteiger partial charge on any atom is 0.246 e. The number of piperazine rings is 1. The van der Waals surface area contributed by atoms with Gasteiger partial charge in [-0.3, -0.25) is 4.79 Å². The van der Waals surface area contributed by atoms with Crippen LogP contribution in [-0.4, -0.2) is 90.8 Å². The van der Waals surface area contributed by atoms with E-state index in [4.69, 9.17) is 16.3 Å². The molecule has 4 heterocycles. The van der Waals surface area contributed by atoms with Crippen LogP contribution in [0.1, 0.15) is 6.92 Å². The van der Waals surface area contributed by atoms with Gasteiger partial charge in [0.05, 0.1) is 28.9 Å². The highest BCUT2D eigenvalue weighted by Gasteiger charge is 2.44. The van der Waals surface area contributed by atoms with E-state index in [0.29, 0.717) is 44.0 Å². The van der Waals surface area contributed by atoms with E-state index in [1.54, 1.807) is 6.07 Å². The van der Waals surface area contributed by atoms with Crippen molar-refractivity contribution in [3.63, 3.8) is 0 Å². The quantitative estimate of drug-likeness (QED) is 0.470. The molecule has 0 saturated carbocycles. The Kier molecular flexibility index (Phi) is 6.50. The summed E-state index contributed by atoms with van der Waals surface area (Å²) in [5, 5.41) is 10.8. The molecule has 3 aliphatic heterocycles. The summed E-state index contributed by atoms with van der Waals surface area (Å²) in [7, 11) is 3.90. The van der Waals surface area contributed by atoms with Gasteiger partial charge in [0.15, 0.2) is 5.82 Å². The molecule has 0 spiro atoms. The van der Waals surface area contributed by atoms with Crippen LogP contribution in [-0.2, 0) is 4.79 Å². The Morgan fingerprint density at radius 1 is 1.23 bits per heavy atom. The summed E-state index contributed by atoms with van der Waals surface area (Å²) in [5.41, 5.74) is 0.868. The van der Waals surface area contributed by atoms with Crippen molar-refractivity contribution in [3.05, 3.63) is 53.6 Å². The first-order valence-corrected chi connectivity index (χ1v) is 13.6. The van der Waals surface area contributed by atoms with E-state index in [9.17, 15) is 14.3 Å². The first kappa shape index (κ1) is 26.6. The number of benzene rings is 2. The number of phenolic OH excluding ortho intramolecular Hbond substituents is 1. The zero-order valence-corrected chi connectivity index (χ0v) is 23.3. The van der Waals surface area contributed by atoms with Gasteiger partial charge in [-0.2, -0.15) is 0 Å². The van der Waals surface area contributed by atoms with Crippen molar-refractivity contribution in [3.8, 4) is 22.8 Å². The number of likely N-dealkylation sites (N-methyl/N-ethyl adjacent to an activating group) is 1. The fourth-order valence-corrected chi connectivity index (χ4v) is 6.56. The Morgan fingerprint density at radius 2 is 2.00 bits per heavy atom. The normalized spacial score (nSPS) is 21.8. The average molecular weight is 570 g/mol. The predicted molar refractivity (Wildman–Crippen MR) is 151 cm³/mol. The van der Waals surface area contributed by atoms with E-state index in [-0.39, 0.29) is 45.8 Å². The molecule has 1 saturated heterocycles. The third kappa shape index (κ3) is 4.12. The number of hydrogen-bond acceptors (Lipinski definition) is 7. The minimum atomic E-state index is -0.845. The molecule has 3 aliphatic rings. The maximum atomic E-state index is 16.4. The van der Waals surface area contributed by atoms with Crippen LogP contribution in [0.3, 0.4) is 0 Å². The second-order valence-corrected chi connectivity index (χ2v) is 11.4. The van der Waals surface area contributed by atoms with Crippen molar-refractivity contribution in [2.45, 2.75) is 25.1 Å². The number of nitrogens with zero attached hydrogens (tertiary/aromatic N) is 5. The van der Waals surface area contributed by atoms with Crippen molar-refractivity contribution in [2.24, 2.45) is 0 Å². The maximum absolute atomic E-state index is 16.4. The lowest BCUT2D eigenvalue weighted by Crippen LogP contribution is -2.65. The van der Waals surface area contributed by atoms with Gasteiger partial charge in [0.2, 0.25) is 11.8 Å². The van der Waals surface area contributed by atoms with Gasteiger partial charge >= 0.3 is 0 Å². The number of anilines is 2.